The zero-order valence-electron chi connectivity index (χ0n) is 9.06. The minimum Gasteiger partial charge on any atom is -0.460 e. The van der Waals surface area contributed by atoms with Crippen molar-refractivity contribution in [2.75, 3.05) is 20.3 Å². The number of aliphatic hydroxyl groups is 1. The molecule has 0 saturated heterocycles. The van der Waals surface area contributed by atoms with Crippen LogP contribution in [0.3, 0.4) is 0 Å². The van der Waals surface area contributed by atoms with E-state index in [0.29, 0.717) is 0 Å². The Morgan fingerprint density at radius 3 is 1.48 bits per heavy atom. The van der Waals surface area contributed by atoms with Gasteiger partial charge in [0.25, 0.3) is 0 Å². The van der Waals surface area contributed by atoms with Gasteiger partial charge in [-0.25, -0.2) is 9.59 Å². The number of methoxy groups -OCH3 is 1. The molecule has 6 nitrogen and oxygen atoms in total. The third-order valence-corrected chi connectivity index (χ3v) is 1.60. The SMILES string of the molecule is C.C.C.C.C.C.COC(C)C(=O)OCCOC(=O)C(C)O. The highest BCUT2D eigenvalue weighted by Crippen LogP contribution is 1.93. The number of hydrogen-bond donors (Lipinski definition) is 1. The predicted octanol–water partition coefficient (Wildman–Crippen LogP) is 3.31. The molecular weight excluding hydrogens is 276 g/mol. The van der Waals surface area contributed by atoms with E-state index < -0.39 is 24.1 Å². The van der Waals surface area contributed by atoms with Crippen LogP contribution in [0, 0.1) is 0 Å². The number of rotatable bonds is 6. The molecule has 0 spiro atoms. The van der Waals surface area contributed by atoms with E-state index in [-0.39, 0.29) is 57.8 Å². The second kappa shape index (κ2) is 23.9. The largest absolute Gasteiger partial charge is 0.460 e. The summed E-state index contributed by atoms with van der Waals surface area (Å²) in [7, 11) is 1.39. The highest BCUT2D eigenvalue weighted by atomic mass is 16.6. The third-order valence-electron chi connectivity index (χ3n) is 1.60. The van der Waals surface area contributed by atoms with Gasteiger partial charge < -0.3 is 19.3 Å². The van der Waals surface area contributed by atoms with Gasteiger partial charge in [-0.05, 0) is 13.8 Å². The average molecular weight is 316 g/mol. The molecule has 136 valence electrons. The van der Waals surface area contributed by atoms with Crippen molar-refractivity contribution in [1.82, 2.24) is 0 Å². The lowest BCUT2D eigenvalue weighted by molar-refractivity contribution is -0.162. The molecule has 0 rings (SSSR count). The molecule has 1 N–H and O–H groups in total. The van der Waals surface area contributed by atoms with Gasteiger partial charge in [0, 0.05) is 7.11 Å². The Morgan fingerprint density at radius 1 is 0.857 bits per heavy atom. The zero-order chi connectivity index (χ0) is 11.8. The maximum atomic E-state index is 11.0. The molecule has 0 saturated carbocycles. The summed E-state index contributed by atoms with van der Waals surface area (Å²) in [6.07, 6.45) is -1.81. The standard InChI is InChI=1S/C9H16O6.6CH4/c1-6(10)8(11)14-4-5-15-9(12)7(2)13-3;;;;;;/h6-7,10H,4-5H2,1-3H3;6*1H4. The summed E-state index contributed by atoms with van der Waals surface area (Å²) in [6, 6.07) is 0. The Bertz CT molecular complexity index is 216. The quantitative estimate of drug-likeness (QED) is 0.598. The molecule has 2 atom stereocenters. The Balaban J connectivity index is -0.0000000653. The molecule has 2 unspecified atom stereocenters. The summed E-state index contributed by atoms with van der Waals surface area (Å²) in [5.74, 6) is -1.27. The van der Waals surface area contributed by atoms with E-state index in [2.05, 4.69) is 4.74 Å². The fourth-order valence-corrected chi connectivity index (χ4v) is 0.619. The molecule has 0 aromatic heterocycles. The van der Waals surface area contributed by atoms with E-state index in [1.165, 1.54) is 14.0 Å². The van der Waals surface area contributed by atoms with Crippen molar-refractivity contribution in [1.29, 1.82) is 0 Å². The summed E-state index contributed by atoms with van der Waals surface area (Å²) in [5, 5.41) is 8.75. The zero-order valence-corrected chi connectivity index (χ0v) is 9.06. The van der Waals surface area contributed by atoms with Gasteiger partial charge in [0.05, 0.1) is 0 Å². The first-order valence-corrected chi connectivity index (χ1v) is 4.53. The van der Waals surface area contributed by atoms with E-state index in [4.69, 9.17) is 14.6 Å². The van der Waals surface area contributed by atoms with E-state index >= 15 is 0 Å². The summed E-state index contributed by atoms with van der Waals surface area (Å²) >= 11 is 0. The number of ether oxygens (including phenoxy) is 3. The van der Waals surface area contributed by atoms with Gasteiger partial charge >= 0.3 is 11.9 Å². The summed E-state index contributed by atoms with van der Waals surface area (Å²) in [5.41, 5.74) is 0. The average Bonchev–Trinajstić information content (AvgIpc) is 2.22. The van der Waals surface area contributed by atoms with Crippen LogP contribution in [0.25, 0.3) is 0 Å². The van der Waals surface area contributed by atoms with Crippen molar-refractivity contribution >= 4 is 11.9 Å². The van der Waals surface area contributed by atoms with Crippen LogP contribution in [-0.4, -0.2) is 49.6 Å². The third kappa shape index (κ3) is 21.3. The van der Waals surface area contributed by atoms with E-state index in [0.717, 1.165) is 0 Å². The maximum absolute atomic E-state index is 11.0. The normalized spacial score (nSPS) is 10.1. The van der Waals surface area contributed by atoms with Crippen molar-refractivity contribution < 1.29 is 28.9 Å². The highest BCUT2D eigenvalue weighted by Gasteiger charge is 2.14. The van der Waals surface area contributed by atoms with Crippen molar-refractivity contribution in [3.8, 4) is 0 Å². The Labute approximate surface area is 132 Å². The molecule has 0 aromatic rings. The van der Waals surface area contributed by atoms with Crippen LogP contribution in [0.4, 0.5) is 0 Å². The molecule has 0 fully saturated rings. The molecular formula is C15H40O6. The van der Waals surface area contributed by atoms with Gasteiger partial charge in [0.15, 0.2) is 6.10 Å². The summed E-state index contributed by atoms with van der Waals surface area (Å²) < 4.78 is 14.0. The van der Waals surface area contributed by atoms with Crippen LogP contribution in [0.1, 0.15) is 58.4 Å². The summed E-state index contributed by atoms with van der Waals surface area (Å²) in [6.45, 7) is 2.71. The van der Waals surface area contributed by atoms with Crippen molar-refractivity contribution in [3.63, 3.8) is 0 Å². The van der Waals surface area contributed by atoms with Gasteiger partial charge in [-0.1, -0.05) is 44.6 Å². The molecule has 0 aromatic carbocycles. The van der Waals surface area contributed by atoms with Gasteiger partial charge in [0.2, 0.25) is 0 Å². The van der Waals surface area contributed by atoms with Gasteiger partial charge in [-0.3, -0.25) is 0 Å². The first-order valence-electron chi connectivity index (χ1n) is 4.53. The second-order valence-corrected chi connectivity index (χ2v) is 2.89. The lowest BCUT2D eigenvalue weighted by atomic mass is 10.4. The fraction of sp³-hybridized carbons (Fsp3) is 0.867. The van der Waals surface area contributed by atoms with E-state index in [1.54, 1.807) is 6.92 Å². The van der Waals surface area contributed by atoms with Crippen LogP contribution in [0.15, 0.2) is 0 Å². The topological polar surface area (TPSA) is 82.1 Å². The fourth-order valence-electron chi connectivity index (χ4n) is 0.619. The van der Waals surface area contributed by atoms with Gasteiger partial charge in [0.1, 0.15) is 19.3 Å². The number of carbonyl (C=O) groups is 2. The smallest absolute Gasteiger partial charge is 0.335 e. The molecule has 0 amide bonds. The van der Waals surface area contributed by atoms with Crippen LogP contribution >= 0.6 is 0 Å². The lowest BCUT2D eigenvalue weighted by Crippen LogP contribution is -2.25. The van der Waals surface area contributed by atoms with Gasteiger partial charge in [-0.2, -0.15) is 0 Å². The van der Waals surface area contributed by atoms with Crippen LogP contribution < -0.4 is 0 Å². The molecule has 0 radical (unpaired) electrons. The lowest BCUT2D eigenvalue weighted by Gasteiger charge is -2.10. The molecule has 0 bridgehead atoms. The van der Waals surface area contributed by atoms with E-state index in [9.17, 15) is 9.59 Å². The number of esters is 2. The van der Waals surface area contributed by atoms with Gasteiger partial charge in [-0.15, -0.1) is 0 Å². The maximum Gasteiger partial charge on any atom is 0.335 e. The van der Waals surface area contributed by atoms with Crippen molar-refractivity contribution in [2.45, 2.75) is 70.6 Å². The van der Waals surface area contributed by atoms with Crippen LogP contribution in [0.5, 0.6) is 0 Å². The minimum atomic E-state index is -1.17. The Hall–Kier alpha value is -1.14. The minimum absolute atomic E-state index is 0. The number of carbonyl (C=O) groups excluding carboxylic acids is 2. The molecule has 0 heterocycles. The second-order valence-electron chi connectivity index (χ2n) is 2.89. The monoisotopic (exact) mass is 316 g/mol. The Kier molecular flexibility index (Phi) is 48.6. The first-order chi connectivity index (χ1) is 6.99. The molecule has 0 aliphatic rings. The highest BCUT2D eigenvalue weighted by molar-refractivity contribution is 5.74. The number of aliphatic hydroxyl groups excluding tert-OH is 1. The molecule has 6 heteroatoms. The first kappa shape index (κ1) is 42.7. The molecule has 0 aliphatic heterocycles. The van der Waals surface area contributed by atoms with Crippen molar-refractivity contribution in [3.05, 3.63) is 0 Å². The molecule has 0 aliphatic carbocycles. The predicted molar refractivity (Wildman–Crippen MR) is 90.5 cm³/mol. The molecule has 21 heavy (non-hydrogen) atoms. The van der Waals surface area contributed by atoms with Crippen molar-refractivity contribution in [2.24, 2.45) is 0 Å². The Morgan fingerprint density at radius 2 is 1.19 bits per heavy atom. The number of hydrogen-bond acceptors (Lipinski definition) is 6. The summed E-state index contributed by atoms with van der Waals surface area (Å²) in [4.78, 5) is 21.8. The van der Waals surface area contributed by atoms with Crippen LogP contribution in [0.2, 0.25) is 0 Å². The van der Waals surface area contributed by atoms with E-state index in [1.807, 2.05) is 0 Å². The van der Waals surface area contributed by atoms with Crippen LogP contribution in [-0.2, 0) is 23.8 Å².